The van der Waals surface area contributed by atoms with E-state index in [9.17, 15) is 4.79 Å². The molecule has 0 radical (unpaired) electrons. The van der Waals surface area contributed by atoms with Gasteiger partial charge >= 0.3 is 0 Å². The van der Waals surface area contributed by atoms with E-state index in [2.05, 4.69) is 15.5 Å². The van der Waals surface area contributed by atoms with Crippen LogP contribution in [0.25, 0.3) is 11.4 Å². The molecule has 0 unspecified atom stereocenters. The van der Waals surface area contributed by atoms with Gasteiger partial charge in [0, 0.05) is 18.2 Å². The molecule has 1 N–H and O–H groups in total. The molecule has 29 heavy (non-hydrogen) atoms. The van der Waals surface area contributed by atoms with E-state index < -0.39 is 0 Å². The van der Waals surface area contributed by atoms with Gasteiger partial charge in [-0.2, -0.15) is 0 Å². The topological polar surface area (TPSA) is 78.3 Å². The first-order valence-electron chi connectivity index (χ1n) is 9.12. The Morgan fingerprint density at radius 2 is 1.90 bits per heavy atom. The Kier molecular flexibility index (Phi) is 6.77. The lowest BCUT2D eigenvalue weighted by Gasteiger charge is -2.18. The number of amides is 1. The average molecular weight is 413 g/mol. The number of nitrogens with one attached hydrogen (secondary N) is 1. The fraction of sp³-hybridized carbons (Fsp3) is 0.286. The van der Waals surface area contributed by atoms with Crippen molar-refractivity contribution in [1.82, 2.24) is 20.1 Å². The number of ether oxygens (including phenoxy) is 2. The number of rotatable bonds is 8. The number of hydrogen-bond acceptors (Lipinski definition) is 6. The molecular weight excluding hydrogens is 388 g/mol. The normalized spacial score (nSPS) is 11.7. The molecule has 1 atom stereocenters. The molecule has 0 aliphatic carbocycles. The van der Waals surface area contributed by atoms with Crippen LogP contribution in [0.1, 0.15) is 18.5 Å². The molecule has 1 aromatic heterocycles. The molecule has 7 nitrogen and oxygen atoms in total. The van der Waals surface area contributed by atoms with E-state index in [0.717, 1.165) is 17.0 Å². The Morgan fingerprint density at radius 3 is 2.59 bits per heavy atom. The van der Waals surface area contributed by atoms with Crippen molar-refractivity contribution in [3.63, 3.8) is 0 Å². The zero-order valence-electron chi connectivity index (χ0n) is 16.9. The highest BCUT2D eigenvalue weighted by Crippen LogP contribution is 2.29. The maximum atomic E-state index is 12.5. The van der Waals surface area contributed by atoms with Crippen LogP contribution in [0.4, 0.5) is 0 Å². The molecular formula is C21H24N4O3S. The van der Waals surface area contributed by atoms with E-state index in [0.29, 0.717) is 16.7 Å². The summed E-state index contributed by atoms with van der Waals surface area (Å²) in [6.07, 6.45) is 0. The molecule has 1 amide bonds. The van der Waals surface area contributed by atoms with Crippen molar-refractivity contribution in [3.8, 4) is 22.9 Å². The average Bonchev–Trinajstić information content (AvgIpc) is 3.12. The van der Waals surface area contributed by atoms with Crippen molar-refractivity contribution in [1.29, 1.82) is 0 Å². The Bertz CT molecular complexity index is 975. The summed E-state index contributed by atoms with van der Waals surface area (Å²) in [7, 11) is 5.11. The number of hydrogen-bond donors (Lipinski definition) is 1. The van der Waals surface area contributed by atoms with Crippen LogP contribution in [0.2, 0.25) is 0 Å². The molecule has 0 aliphatic rings. The van der Waals surface area contributed by atoms with Gasteiger partial charge in [0.15, 0.2) is 11.0 Å². The van der Waals surface area contributed by atoms with Crippen LogP contribution >= 0.6 is 11.8 Å². The predicted molar refractivity (Wildman–Crippen MR) is 113 cm³/mol. The molecule has 0 bridgehead atoms. The summed E-state index contributed by atoms with van der Waals surface area (Å²) in [6.45, 7) is 1.91. The van der Waals surface area contributed by atoms with Crippen LogP contribution in [0.3, 0.4) is 0 Å². The monoisotopic (exact) mass is 412 g/mol. The minimum Gasteiger partial charge on any atom is -0.497 e. The highest BCUT2D eigenvalue weighted by molar-refractivity contribution is 7.99. The van der Waals surface area contributed by atoms with Crippen molar-refractivity contribution < 1.29 is 14.3 Å². The van der Waals surface area contributed by atoms with Crippen LogP contribution in [0.15, 0.2) is 53.7 Å². The number of thioether (sulfide) groups is 1. The molecule has 2 aromatic carbocycles. The smallest absolute Gasteiger partial charge is 0.230 e. The summed E-state index contributed by atoms with van der Waals surface area (Å²) in [4.78, 5) is 12.5. The predicted octanol–water partition coefficient (Wildman–Crippen LogP) is 3.47. The largest absolute Gasteiger partial charge is 0.497 e. The summed E-state index contributed by atoms with van der Waals surface area (Å²) in [5.41, 5.74) is 1.84. The van der Waals surface area contributed by atoms with Crippen molar-refractivity contribution in [2.45, 2.75) is 18.1 Å². The molecule has 0 spiro atoms. The molecule has 8 heteroatoms. The van der Waals surface area contributed by atoms with Gasteiger partial charge in [-0.3, -0.25) is 4.79 Å². The third kappa shape index (κ3) is 4.89. The summed E-state index contributed by atoms with van der Waals surface area (Å²) in [5, 5.41) is 12.1. The number of aromatic nitrogens is 3. The van der Waals surface area contributed by atoms with Crippen molar-refractivity contribution in [2.75, 3.05) is 20.0 Å². The number of carbonyl (C=O) groups excluding carboxylic acids is 1. The van der Waals surface area contributed by atoms with Crippen molar-refractivity contribution >= 4 is 17.7 Å². The van der Waals surface area contributed by atoms with Gasteiger partial charge < -0.3 is 19.4 Å². The van der Waals surface area contributed by atoms with Crippen LogP contribution < -0.4 is 14.8 Å². The lowest BCUT2D eigenvalue weighted by Crippen LogP contribution is -2.28. The van der Waals surface area contributed by atoms with Gasteiger partial charge in [-0.1, -0.05) is 42.1 Å². The van der Waals surface area contributed by atoms with Gasteiger partial charge in [0.05, 0.1) is 26.0 Å². The zero-order chi connectivity index (χ0) is 20.8. The number of methoxy groups -OCH3 is 2. The van der Waals surface area contributed by atoms with Gasteiger partial charge in [0.1, 0.15) is 11.5 Å². The maximum Gasteiger partial charge on any atom is 0.230 e. The summed E-state index contributed by atoms with van der Waals surface area (Å²) in [6, 6.07) is 15.1. The van der Waals surface area contributed by atoms with Gasteiger partial charge in [0.25, 0.3) is 0 Å². The number of carbonyl (C=O) groups is 1. The minimum absolute atomic E-state index is 0.100. The molecule has 0 fully saturated rings. The first kappa shape index (κ1) is 20.7. The fourth-order valence-electron chi connectivity index (χ4n) is 2.95. The lowest BCUT2D eigenvalue weighted by molar-refractivity contribution is -0.119. The Balaban J connectivity index is 1.63. The van der Waals surface area contributed by atoms with E-state index in [1.54, 1.807) is 14.2 Å². The van der Waals surface area contributed by atoms with Gasteiger partial charge in [-0.15, -0.1) is 10.2 Å². The molecule has 0 saturated heterocycles. The Hall–Kier alpha value is -3.00. The summed E-state index contributed by atoms with van der Waals surface area (Å²) >= 11 is 1.35. The number of nitrogens with zero attached hydrogens (tertiary/aromatic N) is 3. The Morgan fingerprint density at radius 1 is 1.14 bits per heavy atom. The second-order valence-corrected chi connectivity index (χ2v) is 7.36. The molecule has 3 rings (SSSR count). The van der Waals surface area contributed by atoms with E-state index in [1.807, 2.05) is 67.1 Å². The highest BCUT2D eigenvalue weighted by atomic mass is 32.2. The first-order valence-corrected chi connectivity index (χ1v) is 10.1. The van der Waals surface area contributed by atoms with E-state index >= 15 is 0 Å². The lowest BCUT2D eigenvalue weighted by atomic mass is 10.1. The van der Waals surface area contributed by atoms with Gasteiger partial charge in [0.2, 0.25) is 5.91 Å². The third-order valence-electron chi connectivity index (χ3n) is 4.48. The van der Waals surface area contributed by atoms with Crippen LogP contribution in [-0.2, 0) is 11.8 Å². The summed E-state index contributed by atoms with van der Waals surface area (Å²) in [5.74, 6) is 2.31. The zero-order valence-corrected chi connectivity index (χ0v) is 17.7. The molecule has 1 heterocycles. The third-order valence-corrected chi connectivity index (χ3v) is 5.50. The van der Waals surface area contributed by atoms with E-state index in [-0.39, 0.29) is 17.7 Å². The summed E-state index contributed by atoms with van der Waals surface area (Å²) < 4.78 is 12.6. The minimum atomic E-state index is -0.229. The second-order valence-electron chi connectivity index (χ2n) is 6.42. The van der Waals surface area contributed by atoms with Crippen LogP contribution in [0, 0.1) is 0 Å². The number of benzene rings is 2. The fourth-order valence-corrected chi connectivity index (χ4v) is 3.67. The van der Waals surface area contributed by atoms with Crippen LogP contribution in [0.5, 0.6) is 11.5 Å². The first-order chi connectivity index (χ1) is 14.0. The van der Waals surface area contributed by atoms with Crippen molar-refractivity contribution in [2.24, 2.45) is 7.05 Å². The van der Waals surface area contributed by atoms with E-state index in [4.69, 9.17) is 9.47 Å². The van der Waals surface area contributed by atoms with Gasteiger partial charge in [-0.25, -0.2) is 0 Å². The van der Waals surface area contributed by atoms with Crippen LogP contribution in [-0.4, -0.2) is 40.6 Å². The van der Waals surface area contributed by atoms with E-state index in [1.165, 1.54) is 11.8 Å². The Labute approximate surface area is 174 Å². The standard InChI is InChI=1S/C21H24N4O3S/c1-14(17-12-16(27-3)10-11-18(17)28-4)22-19(26)13-29-21-24-23-20(25(21)2)15-8-6-5-7-9-15/h5-12,14H,13H2,1-4H3,(H,22,26)/t14-/m1/s1. The highest BCUT2D eigenvalue weighted by Gasteiger charge is 2.17. The molecule has 152 valence electrons. The molecule has 0 saturated carbocycles. The van der Waals surface area contributed by atoms with Crippen molar-refractivity contribution in [3.05, 3.63) is 54.1 Å². The second kappa shape index (κ2) is 9.47. The molecule has 3 aromatic rings. The maximum absolute atomic E-state index is 12.5. The SMILES string of the molecule is COc1ccc(OC)c([C@@H](C)NC(=O)CSc2nnc(-c3ccccc3)n2C)c1. The van der Waals surface area contributed by atoms with Gasteiger partial charge in [-0.05, 0) is 25.1 Å². The quantitative estimate of drug-likeness (QED) is 0.571. The molecule has 0 aliphatic heterocycles.